The van der Waals surface area contributed by atoms with Crippen molar-refractivity contribution in [3.8, 4) is 0 Å². The molecule has 0 radical (unpaired) electrons. The summed E-state index contributed by atoms with van der Waals surface area (Å²) < 4.78 is 35.0. The molecule has 4 atom stereocenters. The summed E-state index contributed by atoms with van der Waals surface area (Å²) in [5.41, 5.74) is 8.16. The summed E-state index contributed by atoms with van der Waals surface area (Å²) in [6, 6.07) is -0.365. The fourth-order valence-electron chi connectivity index (χ4n) is 4.23. The number of nitrogens with two attached hydrogens (primary N) is 1. The second-order valence-electron chi connectivity index (χ2n) is 7.40. The predicted octanol–water partition coefficient (Wildman–Crippen LogP) is 1.49. The summed E-state index contributed by atoms with van der Waals surface area (Å²) in [6.45, 7) is 1.43. The van der Waals surface area contributed by atoms with Crippen LogP contribution in [0.3, 0.4) is 0 Å². The number of carboxylic acid groups (broad SMARTS) is 1. The molecule has 3 heterocycles. The van der Waals surface area contributed by atoms with E-state index in [2.05, 4.69) is 10.00 Å². The summed E-state index contributed by atoms with van der Waals surface area (Å²) in [5.74, 6) is -2.37. The lowest BCUT2D eigenvalue weighted by Gasteiger charge is -2.41. The number of allylic oxidation sites excluding steroid dienone is 3. The zero-order valence-corrected chi connectivity index (χ0v) is 14.7. The van der Waals surface area contributed by atoms with Crippen LogP contribution in [0.1, 0.15) is 24.1 Å². The van der Waals surface area contributed by atoms with Gasteiger partial charge in [-0.2, -0.15) is 5.10 Å². The van der Waals surface area contributed by atoms with E-state index in [1.165, 1.54) is 4.68 Å². The van der Waals surface area contributed by atoms with Crippen molar-refractivity contribution in [3.63, 3.8) is 0 Å². The molecule has 0 amide bonds. The molecule has 0 aromatic carbocycles. The highest BCUT2D eigenvalue weighted by molar-refractivity contribution is 5.66. The molecule has 1 unspecified atom stereocenters. The van der Waals surface area contributed by atoms with Gasteiger partial charge in [0, 0.05) is 43.1 Å². The maximum atomic E-state index is 14.1. The van der Waals surface area contributed by atoms with Crippen LogP contribution in [0.25, 0.3) is 0 Å². The van der Waals surface area contributed by atoms with Gasteiger partial charge in [0.05, 0.1) is 24.6 Å². The topological polar surface area (TPSA) is 93.6 Å². The Morgan fingerprint density at radius 1 is 1.37 bits per heavy atom. The van der Waals surface area contributed by atoms with E-state index in [0.717, 1.165) is 23.4 Å². The second kappa shape index (κ2) is 7.14. The van der Waals surface area contributed by atoms with Crippen molar-refractivity contribution in [2.75, 3.05) is 6.61 Å². The molecule has 3 N–H and O–H groups in total. The molecule has 9 heteroatoms. The zero-order valence-electron chi connectivity index (χ0n) is 14.7. The van der Waals surface area contributed by atoms with E-state index in [4.69, 9.17) is 15.6 Å². The van der Waals surface area contributed by atoms with Crippen LogP contribution < -0.4 is 5.73 Å². The third-order valence-corrected chi connectivity index (χ3v) is 5.60. The van der Waals surface area contributed by atoms with Crippen LogP contribution in [-0.2, 0) is 29.2 Å². The van der Waals surface area contributed by atoms with Crippen molar-refractivity contribution in [2.24, 2.45) is 11.7 Å². The maximum Gasteiger partial charge on any atom is 0.325 e. The van der Waals surface area contributed by atoms with Crippen LogP contribution in [0.15, 0.2) is 30.0 Å². The van der Waals surface area contributed by atoms with E-state index in [9.17, 15) is 13.6 Å². The van der Waals surface area contributed by atoms with Crippen molar-refractivity contribution in [3.05, 3.63) is 41.3 Å². The monoisotopic (exact) mass is 380 g/mol. The van der Waals surface area contributed by atoms with Gasteiger partial charge in [-0.15, -0.1) is 0 Å². The van der Waals surface area contributed by atoms with Gasteiger partial charge in [0.1, 0.15) is 18.2 Å². The molecule has 1 aromatic rings. The van der Waals surface area contributed by atoms with Gasteiger partial charge in [-0.05, 0) is 18.6 Å². The molecule has 27 heavy (non-hydrogen) atoms. The SMILES string of the molecule is N[C@H]1C[C@@H](N2Cc3cnn(CC(=O)O)c3C2)CO[C@@H]1C1CC(F)=CC=C1F. The highest BCUT2D eigenvalue weighted by atomic mass is 19.1. The van der Waals surface area contributed by atoms with E-state index < -0.39 is 29.9 Å². The molecule has 0 spiro atoms. The third-order valence-electron chi connectivity index (χ3n) is 5.60. The number of aromatic nitrogens is 2. The summed E-state index contributed by atoms with van der Waals surface area (Å²) >= 11 is 0. The molecule has 1 saturated heterocycles. The number of fused-ring (bicyclic) bond motifs is 1. The first-order valence-corrected chi connectivity index (χ1v) is 9.00. The Labute approximate surface area is 155 Å². The molecule has 1 fully saturated rings. The molecular formula is C18H22F2N4O3. The number of nitrogens with zero attached hydrogens (tertiary/aromatic N) is 3. The average molecular weight is 380 g/mol. The van der Waals surface area contributed by atoms with Crippen molar-refractivity contribution in [1.29, 1.82) is 0 Å². The van der Waals surface area contributed by atoms with Gasteiger partial charge in [-0.1, -0.05) is 0 Å². The number of aliphatic carboxylic acids is 1. The molecule has 1 aromatic heterocycles. The van der Waals surface area contributed by atoms with Crippen molar-refractivity contribution < 1.29 is 23.4 Å². The Bertz CT molecular complexity index is 807. The van der Waals surface area contributed by atoms with Crippen LogP contribution >= 0.6 is 0 Å². The predicted molar refractivity (Wildman–Crippen MR) is 91.7 cm³/mol. The minimum absolute atomic E-state index is 0.0223. The molecular weight excluding hydrogens is 358 g/mol. The number of carboxylic acids is 1. The Hall–Kier alpha value is -2.10. The maximum absolute atomic E-state index is 14.1. The molecule has 0 saturated carbocycles. The van der Waals surface area contributed by atoms with Crippen LogP contribution in [0.4, 0.5) is 8.78 Å². The number of hydrogen-bond donors (Lipinski definition) is 2. The Morgan fingerprint density at radius 2 is 2.19 bits per heavy atom. The van der Waals surface area contributed by atoms with Gasteiger partial charge in [-0.3, -0.25) is 14.4 Å². The third kappa shape index (κ3) is 3.54. The first-order chi connectivity index (χ1) is 12.9. The standard InChI is InChI=1S/C18H22F2N4O3/c19-11-1-2-14(20)13(3-11)18-15(21)4-12(9-27-18)23-6-10-5-22-24(8-17(25)26)16(10)7-23/h1-2,5,12-13,15,18H,3-4,6-9,21H2,(H,25,26)/t12-,13?,15+,18-/m1/s1. The van der Waals surface area contributed by atoms with E-state index in [1.54, 1.807) is 6.20 Å². The van der Waals surface area contributed by atoms with Crippen LogP contribution in [0, 0.1) is 5.92 Å². The normalized spacial score (nSPS) is 31.4. The summed E-state index contributed by atoms with van der Waals surface area (Å²) in [6.07, 6.45) is 4.02. The van der Waals surface area contributed by atoms with Gasteiger partial charge in [0.15, 0.2) is 0 Å². The van der Waals surface area contributed by atoms with Crippen molar-refractivity contribution in [2.45, 2.75) is 50.7 Å². The van der Waals surface area contributed by atoms with Gasteiger partial charge in [0.2, 0.25) is 0 Å². The summed E-state index contributed by atoms with van der Waals surface area (Å²) in [7, 11) is 0. The first kappa shape index (κ1) is 18.3. The van der Waals surface area contributed by atoms with Gasteiger partial charge < -0.3 is 15.6 Å². The second-order valence-corrected chi connectivity index (χ2v) is 7.40. The fourth-order valence-corrected chi connectivity index (χ4v) is 4.23. The van der Waals surface area contributed by atoms with Gasteiger partial charge in [0.25, 0.3) is 0 Å². The van der Waals surface area contributed by atoms with Crippen LogP contribution in [0.5, 0.6) is 0 Å². The lowest BCUT2D eigenvalue weighted by molar-refractivity contribution is -0.138. The minimum atomic E-state index is -0.936. The Kier molecular flexibility index (Phi) is 4.83. The lowest BCUT2D eigenvalue weighted by Crippen LogP contribution is -2.53. The van der Waals surface area contributed by atoms with E-state index in [0.29, 0.717) is 26.1 Å². The van der Waals surface area contributed by atoms with Gasteiger partial charge >= 0.3 is 5.97 Å². The number of ether oxygens (including phenoxy) is 1. The molecule has 1 aliphatic carbocycles. The molecule has 4 rings (SSSR count). The van der Waals surface area contributed by atoms with E-state index in [-0.39, 0.29) is 24.8 Å². The fraction of sp³-hybridized carbons (Fsp3) is 0.556. The number of rotatable bonds is 4. The molecule has 3 aliphatic rings. The summed E-state index contributed by atoms with van der Waals surface area (Å²) in [5, 5.41) is 13.1. The molecule has 2 aliphatic heterocycles. The van der Waals surface area contributed by atoms with E-state index in [1.807, 2.05) is 0 Å². The smallest absolute Gasteiger partial charge is 0.325 e. The Balaban J connectivity index is 1.39. The first-order valence-electron chi connectivity index (χ1n) is 9.00. The number of hydrogen-bond acceptors (Lipinski definition) is 5. The molecule has 0 bridgehead atoms. The van der Waals surface area contributed by atoms with Crippen molar-refractivity contribution >= 4 is 5.97 Å². The number of halogens is 2. The molecule has 7 nitrogen and oxygen atoms in total. The average Bonchev–Trinajstić information content (AvgIpc) is 3.19. The molecule has 146 valence electrons. The highest BCUT2D eigenvalue weighted by Gasteiger charge is 2.40. The van der Waals surface area contributed by atoms with Crippen molar-refractivity contribution in [1.82, 2.24) is 14.7 Å². The quantitative estimate of drug-likeness (QED) is 0.822. The van der Waals surface area contributed by atoms with Crippen LogP contribution in [0.2, 0.25) is 0 Å². The lowest BCUT2D eigenvalue weighted by atomic mass is 9.85. The largest absolute Gasteiger partial charge is 0.480 e. The Morgan fingerprint density at radius 3 is 2.93 bits per heavy atom. The van der Waals surface area contributed by atoms with E-state index >= 15 is 0 Å². The highest BCUT2D eigenvalue weighted by Crippen LogP contribution is 2.36. The number of carbonyl (C=O) groups is 1. The van der Waals surface area contributed by atoms with Gasteiger partial charge in [-0.25, -0.2) is 8.78 Å². The van der Waals surface area contributed by atoms with Crippen LogP contribution in [-0.4, -0.2) is 50.6 Å². The summed E-state index contributed by atoms with van der Waals surface area (Å²) in [4.78, 5) is 13.1. The zero-order chi connectivity index (χ0) is 19.1. The minimum Gasteiger partial charge on any atom is -0.480 e.